The van der Waals surface area contributed by atoms with Crippen LogP contribution in [-0.2, 0) is 16.0 Å². The monoisotopic (exact) mass is 546 g/mol. The van der Waals surface area contributed by atoms with Crippen LogP contribution < -0.4 is 20.1 Å². The Hall–Kier alpha value is -3.94. The molecule has 4 rings (SSSR count). The molecule has 0 bridgehead atoms. The lowest BCUT2D eigenvalue weighted by atomic mass is 10.1. The highest BCUT2D eigenvalue weighted by atomic mass is 35.5. The van der Waals surface area contributed by atoms with Crippen molar-refractivity contribution in [3.63, 3.8) is 0 Å². The average Bonchev–Trinajstić information content (AvgIpc) is 2.94. The molecule has 1 unspecified atom stereocenters. The molecule has 4 aromatic rings. The van der Waals surface area contributed by atoms with Gasteiger partial charge in [-0.25, -0.2) is 0 Å². The fourth-order valence-corrected chi connectivity index (χ4v) is 4.90. The van der Waals surface area contributed by atoms with Gasteiger partial charge in [0, 0.05) is 21.7 Å². The summed E-state index contributed by atoms with van der Waals surface area (Å²) >= 11 is 7.33. The Morgan fingerprint density at radius 2 is 1.55 bits per heavy atom. The molecule has 6 nitrogen and oxygen atoms in total. The predicted octanol–water partition coefficient (Wildman–Crippen LogP) is 7.01. The molecule has 38 heavy (non-hydrogen) atoms. The van der Waals surface area contributed by atoms with Crippen molar-refractivity contribution in [3.8, 4) is 11.5 Å². The summed E-state index contributed by atoms with van der Waals surface area (Å²) in [5.74, 6) is 0.829. The SMILES string of the molecule is COc1ccc(NC(=O)C(Sc2ccc(NC(=O)Cc3ccc(Cl)cc3)cc2)c2ccccc2)c(OC)c1. The van der Waals surface area contributed by atoms with Gasteiger partial charge >= 0.3 is 0 Å². The van der Waals surface area contributed by atoms with E-state index in [9.17, 15) is 9.59 Å². The largest absolute Gasteiger partial charge is 0.497 e. The Morgan fingerprint density at radius 1 is 0.842 bits per heavy atom. The van der Waals surface area contributed by atoms with Gasteiger partial charge in [-0.3, -0.25) is 9.59 Å². The van der Waals surface area contributed by atoms with Gasteiger partial charge in [0.05, 0.1) is 26.3 Å². The number of anilines is 2. The Bertz CT molecular complexity index is 1380. The normalized spacial score (nSPS) is 11.3. The van der Waals surface area contributed by atoms with Crippen LogP contribution in [0.4, 0.5) is 11.4 Å². The zero-order valence-corrected chi connectivity index (χ0v) is 22.5. The minimum Gasteiger partial charge on any atom is -0.497 e. The van der Waals surface area contributed by atoms with Gasteiger partial charge in [-0.2, -0.15) is 0 Å². The van der Waals surface area contributed by atoms with Gasteiger partial charge in [0.25, 0.3) is 0 Å². The number of thioether (sulfide) groups is 1. The highest BCUT2D eigenvalue weighted by molar-refractivity contribution is 8.00. The zero-order chi connectivity index (χ0) is 26.9. The summed E-state index contributed by atoms with van der Waals surface area (Å²) in [4.78, 5) is 26.8. The molecule has 0 aliphatic carbocycles. The maximum absolute atomic E-state index is 13.5. The molecule has 0 spiro atoms. The number of hydrogen-bond donors (Lipinski definition) is 2. The summed E-state index contributed by atoms with van der Waals surface area (Å²) in [5.41, 5.74) is 2.97. The van der Waals surface area contributed by atoms with Crippen molar-refractivity contribution in [2.45, 2.75) is 16.6 Å². The van der Waals surface area contributed by atoms with E-state index in [1.54, 1.807) is 44.6 Å². The third kappa shape index (κ3) is 7.31. The molecule has 0 aliphatic heterocycles. The number of nitrogens with one attached hydrogen (secondary N) is 2. The van der Waals surface area contributed by atoms with E-state index in [2.05, 4.69) is 10.6 Å². The maximum Gasteiger partial charge on any atom is 0.242 e. The molecule has 0 aliphatic rings. The molecule has 0 heterocycles. The van der Waals surface area contributed by atoms with Crippen LogP contribution in [0.25, 0.3) is 0 Å². The van der Waals surface area contributed by atoms with Crippen molar-refractivity contribution in [1.29, 1.82) is 0 Å². The lowest BCUT2D eigenvalue weighted by Crippen LogP contribution is -2.19. The summed E-state index contributed by atoms with van der Waals surface area (Å²) in [6.45, 7) is 0. The van der Waals surface area contributed by atoms with Crippen LogP contribution in [0.1, 0.15) is 16.4 Å². The van der Waals surface area contributed by atoms with Crippen LogP contribution in [0.15, 0.2) is 102 Å². The van der Waals surface area contributed by atoms with Crippen LogP contribution in [-0.4, -0.2) is 26.0 Å². The van der Waals surface area contributed by atoms with Crippen molar-refractivity contribution in [2.24, 2.45) is 0 Å². The first-order valence-electron chi connectivity index (χ1n) is 11.8. The molecule has 2 N–H and O–H groups in total. The molecule has 0 fully saturated rings. The fraction of sp³-hybridized carbons (Fsp3) is 0.133. The molecule has 0 radical (unpaired) electrons. The van der Waals surface area contributed by atoms with Crippen LogP contribution >= 0.6 is 23.4 Å². The lowest BCUT2D eigenvalue weighted by Gasteiger charge is -2.19. The van der Waals surface area contributed by atoms with Crippen LogP contribution in [0, 0.1) is 0 Å². The van der Waals surface area contributed by atoms with E-state index in [0.29, 0.717) is 27.9 Å². The second-order valence-electron chi connectivity index (χ2n) is 8.34. The van der Waals surface area contributed by atoms with Gasteiger partial charge in [-0.05, 0) is 59.7 Å². The lowest BCUT2D eigenvalue weighted by molar-refractivity contribution is -0.116. The van der Waals surface area contributed by atoms with Crippen molar-refractivity contribution >= 4 is 46.6 Å². The van der Waals surface area contributed by atoms with Crippen molar-refractivity contribution in [1.82, 2.24) is 0 Å². The van der Waals surface area contributed by atoms with Gasteiger partial charge in [0.1, 0.15) is 16.7 Å². The standard InChI is InChI=1S/C30H27ClN2O4S/c1-36-24-14-17-26(27(19-24)37-2)33-30(35)29(21-6-4-3-5-7-21)38-25-15-12-23(13-16-25)32-28(34)18-20-8-10-22(31)11-9-20/h3-17,19,29H,18H2,1-2H3,(H,32,34)(H,33,35). The number of rotatable bonds is 10. The summed E-state index contributed by atoms with van der Waals surface area (Å²) in [7, 11) is 3.12. The molecular formula is C30H27ClN2O4S. The van der Waals surface area contributed by atoms with Gasteiger partial charge in [-0.1, -0.05) is 54.1 Å². The summed E-state index contributed by atoms with van der Waals surface area (Å²) < 4.78 is 10.7. The third-order valence-corrected chi connectivity index (χ3v) is 7.20. The van der Waals surface area contributed by atoms with Crippen LogP contribution in [0.2, 0.25) is 5.02 Å². The van der Waals surface area contributed by atoms with E-state index in [1.165, 1.54) is 11.8 Å². The number of carbonyl (C=O) groups excluding carboxylic acids is 2. The smallest absolute Gasteiger partial charge is 0.242 e. The second kappa shape index (κ2) is 13.0. The van der Waals surface area contributed by atoms with Gasteiger partial charge in [-0.15, -0.1) is 11.8 Å². The molecule has 8 heteroatoms. The molecule has 4 aromatic carbocycles. The highest BCUT2D eigenvalue weighted by Crippen LogP contribution is 2.38. The van der Waals surface area contributed by atoms with Crippen molar-refractivity contribution in [3.05, 3.63) is 113 Å². The molecule has 0 saturated heterocycles. The van der Waals surface area contributed by atoms with Crippen molar-refractivity contribution in [2.75, 3.05) is 24.9 Å². The Labute approximate surface area is 231 Å². The van der Waals surface area contributed by atoms with E-state index in [4.69, 9.17) is 21.1 Å². The first kappa shape index (κ1) is 27.1. The van der Waals surface area contributed by atoms with Gasteiger partial charge in [0.15, 0.2) is 0 Å². The van der Waals surface area contributed by atoms with Crippen LogP contribution in [0.3, 0.4) is 0 Å². The van der Waals surface area contributed by atoms with Gasteiger partial charge < -0.3 is 20.1 Å². The number of carbonyl (C=O) groups is 2. The quantitative estimate of drug-likeness (QED) is 0.209. The fourth-order valence-electron chi connectivity index (χ4n) is 3.75. The molecule has 194 valence electrons. The van der Waals surface area contributed by atoms with E-state index in [0.717, 1.165) is 16.0 Å². The summed E-state index contributed by atoms with van der Waals surface area (Å²) in [6, 6.07) is 29.4. The topological polar surface area (TPSA) is 76.7 Å². The van der Waals surface area contributed by atoms with E-state index >= 15 is 0 Å². The van der Waals surface area contributed by atoms with Crippen LogP contribution in [0.5, 0.6) is 11.5 Å². The number of ether oxygens (including phenoxy) is 2. The first-order valence-corrected chi connectivity index (χ1v) is 13.1. The molecule has 2 amide bonds. The predicted molar refractivity (Wildman–Crippen MR) is 153 cm³/mol. The second-order valence-corrected chi connectivity index (χ2v) is 9.95. The highest BCUT2D eigenvalue weighted by Gasteiger charge is 2.23. The number of hydrogen-bond acceptors (Lipinski definition) is 5. The Balaban J connectivity index is 1.46. The van der Waals surface area contributed by atoms with E-state index < -0.39 is 5.25 Å². The number of amides is 2. The summed E-state index contributed by atoms with van der Waals surface area (Å²) in [5, 5.41) is 6.01. The molecule has 0 saturated carbocycles. The Kier molecular flexibility index (Phi) is 9.30. The number of benzene rings is 4. The van der Waals surface area contributed by atoms with Gasteiger partial charge in [0.2, 0.25) is 11.8 Å². The third-order valence-electron chi connectivity index (χ3n) is 5.68. The molecule has 0 aromatic heterocycles. The zero-order valence-electron chi connectivity index (χ0n) is 20.9. The Morgan fingerprint density at radius 3 is 2.21 bits per heavy atom. The van der Waals surface area contributed by atoms with Crippen molar-refractivity contribution < 1.29 is 19.1 Å². The average molecular weight is 547 g/mol. The minimum atomic E-state index is -0.520. The summed E-state index contributed by atoms with van der Waals surface area (Å²) in [6.07, 6.45) is 0.249. The van der Waals surface area contributed by atoms with E-state index in [-0.39, 0.29) is 18.2 Å². The van der Waals surface area contributed by atoms with E-state index in [1.807, 2.05) is 66.7 Å². The molecular weight excluding hydrogens is 520 g/mol. The first-order chi connectivity index (χ1) is 18.4. The number of halogens is 1. The number of methoxy groups -OCH3 is 2. The maximum atomic E-state index is 13.5. The minimum absolute atomic E-state index is 0.122. The molecule has 1 atom stereocenters.